The number of carbonyl (C=O) groups is 1. The van der Waals surface area contributed by atoms with E-state index in [0.717, 1.165) is 30.6 Å². The largest absolute Gasteiger partial charge is 0.588 e. The monoisotopic (exact) mass is 420 g/mol. The Balaban J connectivity index is 1.48. The Bertz CT molecular complexity index is 1040. The highest BCUT2D eigenvalue weighted by Gasteiger charge is 2.28. The van der Waals surface area contributed by atoms with Crippen molar-refractivity contribution in [1.29, 1.82) is 0 Å². The molecule has 0 bridgehead atoms. The number of benzene rings is 3. The van der Waals surface area contributed by atoms with Gasteiger partial charge in [-0.3, -0.25) is 4.79 Å². The Hall–Kier alpha value is -2.80. The highest BCUT2D eigenvalue weighted by Crippen LogP contribution is 2.31. The summed E-state index contributed by atoms with van der Waals surface area (Å²) in [5, 5.41) is 12.5. The van der Waals surface area contributed by atoms with Crippen molar-refractivity contribution in [2.75, 3.05) is 16.2 Å². The van der Waals surface area contributed by atoms with Crippen molar-refractivity contribution in [1.82, 2.24) is 0 Å². The lowest BCUT2D eigenvalue weighted by molar-refractivity contribution is 0.102. The van der Waals surface area contributed by atoms with Crippen molar-refractivity contribution >= 4 is 28.6 Å². The molecule has 3 aromatic carbocycles. The van der Waals surface area contributed by atoms with E-state index in [1.807, 2.05) is 28.6 Å². The summed E-state index contributed by atoms with van der Waals surface area (Å²) in [6.45, 7) is 2.42. The van der Waals surface area contributed by atoms with Crippen LogP contribution in [-0.2, 0) is 17.8 Å². The van der Waals surface area contributed by atoms with Crippen LogP contribution in [-0.4, -0.2) is 22.1 Å². The number of aliphatic hydroxyl groups excluding tert-OH is 1. The summed E-state index contributed by atoms with van der Waals surface area (Å²) in [6, 6.07) is 22.1. The molecule has 1 aliphatic heterocycles. The predicted octanol–water partition coefficient (Wildman–Crippen LogP) is 4.47. The van der Waals surface area contributed by atoms with E-state index in [1.165, 1.54) is 5.56 Å². The van der Waals surface area contributed by atoms with E-state index in [0.29, 0.717) is 16.1 Å². The molecule has 1 aliphatic rings. The molecule has 0 aromatic heterocycles. The molecule has 4 rings (SSSR count). The van der Waals surface area contributed by atoms with Crippen LogP contribution in [0.3, 0.4) is 0 Å². The van der Waals surface area contributed by atoms with E-state index in [4.69, 9.17) is 0 Å². The Morgan fingerprint density at radius 3 is 2.63 bits per heavy atom. The third kappa shape index (κ3) is 4.36. The lowest BCUT2D eigenvalue weighted by Crippen LogP contribution is -2.35. The molecule has 1 heterocycles. The number of anilines is 2. The van der Waals surface area contributed by atoms with Gasteiger partial charge >= 0.3 is 0 Å². The van der Waals surface area contributed by atoms with E-state index in [-0.39, 0.29) is 5.91 Å². The molecule has 6 heteroatoms. The first-order valence-corrected chi connectivity index (χ1v) is 11.1. The average Bonchev–Trinajstić information content (AvgIpc) is 2.78. The summed E-state index contributed by atoms with van der Waals surface area (Å²) in [5.41, 5.74) is 4.07. The van der Waals surface area contributed by atoms with Crippen molar-refractivity contribution in [3.63, 3.8) is 0 Å². The molecule has 1 amide bonds. The first kappa shape index (κ1) is 20.5. The van der Waals surface area contributed by atoms with Crippen LogP contribution in [0.2, 0.25) is 0 Å². The molecule has 0 saturated heterocycles. The number of aryl methyl sites for hydroxylation is 1. The topological polar surface area (TPSA) is 75.6 Å². The van der Waals surface area contributed by atoms with E-state index >= 15 is 0 Å². The lowest BCUT2D eigenvalue weighted by atomic mass is 10.0. The summed E-state index contributed by atoms with van der Waals surface area (Å²) < 4.78 is 15.1. The number of carbonyl (C=O) groups excluding carboxylic acids is 1. The maximum atomic E-state index is 13.1. The molecular weight excluding hydrogens is 396 g/mol. The maximum Gasteiger partial charge on any atom is 0.255 e. The van der Waals surface area contributed by atoms with Crippen molar-refractivity contribution in [3.8, 4) is 0 Å². The molecule has 2 atom stereocenters. The summed E-state index contributed by atoms with van der Waals surface area (Å²) in [4.78, 5) is 13.2. The normalized spacial score (nSPS) is 15.2. The molecule has 154 valence electrons. The van der Waals surface area contributed by atoms with Gasteiger partial charge in [-0.15, -0.1) is 0 Å². The van der Waals surface area contributed by atoms with Gasteiger partial charge in [0.15, 0.2) is 4.90 Å². The Morgan fingerprint density at radius 2 is 1.87 bits per heavy atom. The van der Waals surface area contributed by atoms with E-state index in [2.05, 4.69) is 11.4 Å². The van der Waals surface area contributed by atoms with Crippen molar-refractivity contribution in [2.45, 2.75) is 30.8 Å². The highest BCUT2D eigenvalue weighted by molar-refractivity contribution is 7.92. The number of hydrogen-bond donors (Lipinski definition) is 2. The van der Waals surface area contributed by atoms with Gasteiger partial charge in [0, 0.05) is 11.3 Å². The van der Waals surface area contributed by atoms with Gasteiger partial charge in [-0.25, -0.2) is 0 Å². The molecule has 2 unspecified atom stereocenters. The Labute approximate surface area is 179 Å². The number of rotatable bonds is 5. The number of nitrogens with one attached hydrogen (secondary N) is 1. The second kappa shape index (κ2) is 8.92. The highest BCUT2D eigenvalue weighted by atomic mass is 32.2. The molecule has 3 aromatic rings. The Morgan fingerprint density at radius 1 is 1.10 bits per heavy atom. The SMILES string of the molecule is CC(O)c1cccc(NC(=O)c2ccc([S+]([O-])N3CCCc4ccccc43)cc2)c1. The zero-order valence-corrected chi connectivity index (χ0v) is 17.6. The summed E-state index contributed by atoms with van der Waals surface area (Å²) in [5.74, 6) is -0.251. The van der Waals surface area contributed by atoms with Crippen molar-refractivity contribution < 1.29 is 14.5 Å². The van der Waals surface area contributed by atoms with Crippen molar-refractivity contribution in [2.24, 2.45) is 0 Å². The van der Waals surface area contributed by atoms with Crippen molar-refractivity contribution in [3.05, 3.63) is 89.5 Å². The minimum absolute atomic E-state index is 0.251. The zero-order valence-electron chi connectivity index (χ0n) is 16.7. The third-order valence-electron chi connectivity index (χ3n) is 5.21. The number of amides is 1. The fraction of sp³-hybridized carbons (Fsp3) is 0.208. The predicted molar refractivity (Wildman–Crippen MR) is 120 cm³/mol. The molecule has 0 saturated carbocycles. The molecule has 2 N–H and O–H groups in total. The van der Waals surface area contributed by atoms with Gasteiger partial charge in [0.25, 0.3) is 5.91 Å². The molecule has 5 nitrogen and oxygen atoms in total. The first-order chi connectivity index (χ1) is 14.5. The zero-order chi connectivity index (χ0) is 21.1. The van der Waals surface area contributed by atoms with Crippen LogP contribution in [0.15, 0.2) is 77.7 Å². The van der Waals surface area contributed by atoms with Crippen LogP contribution in [0, 0.1) is 0 Å². The molecule has 30 heavy (non-hydrogen) atoms. The van der Waals surface area contributed by atoms with Gasteiger partial charge in [-0.1, -0.05) is 30.3 Å². The molecule has 0 aliphatic carbocycles. The van der Waals surface area contributed by atoms with E-state index < -0.39 is 17.5 Å². The number of para-hydroxylation sites is 1. The second-order valence-corrected chi connectivity index (χ2v) is 8.77. The van der Waals surface area contributed by atoms with Crippen LogP contribution in [0.1, 0.15) is 40.9 Å². The molecular formula is C24H24N2O3S. The lowest BCUT2D eigenvalue weighted by Gasteiger charge is -2.30. The standard InChI is InChI=1S/C24H24N2O3S/c1-17(27)20-7-4-9-21(16-20)25-24(28)19-11-13-22(14-12-19)30(29)26-15-5-8-18-6-2-3-10-23(18)26/h2-4,6-7,9-14,16-17,27H,5,8,15H2,1H3,(H,25,28). The van der Waals surface area contributed by atoms with E-state index in [1.54, 1.807) is 49.4 Å². The fourth-order valence-electron chi connectivity index (χ4n) is 3.60. The summed E-state index contributed by atoms with van der Waals surface area (Å²) in [7, 11) is 0. The van der Waals surface area contributed by atoms with Crippen LogP contribution in [0.25, 0.3) is 0 Å². The number of nitrogens with zero attached hydrogens (tertiary/aromatic N) is 1. The van der Waals surface area contributed by atoms with Gasteiger partial charge < -0.3 is 15.0 Å². The van der Waals surface area contributed by atoms with Gasteiger partial charge in [0.1, 0.15) is 11.4 Å². The van der Waals surface area contributed by atoms with Crippen LogP contribution in [0.4, 0.5) is 11.4 Å². The third-order valence-corrected chi connectivity index (χ3v) is 6.67. The number of aliphatic hydroxyl groups is 1. The molecule has 0 spiro atoms. The quantitative estimate of drug-likeness (QED) is 0.597. The van der Waals surface area contributed by atoms with Crippen LogP contribution < -0.4 is 9.62 Å². The summed E-state index contributed by atoms with van der Waals surface area (Å²) >= 11 is -1.33. The van der Waals surface area contributed by atoms with Gasteiger partial charge in [-0.2, -0.15) is 4.31 Å². The smallest absolute Gasteiger partial charge is 0.255 e. The minimum atomic E-state index is -1.33. The van der Waals surface area contributed by atoms with Gasteiger partial charge in [-0.05, 0) is 73.4 Å². The van der Waals surface area contributed by atoms with Gasteiger partial charge in [0.05, 0.1) is 18.3 Å². The summed E-state index contributed by atoms with van der Waals surface area (Å²) in [6.07, 6.45) is 1.37. The van der Waals surface area contributed by atoms with Crippen LogP contribution >= 0.6 is 0 Å². The second-order valence-electron chi connectivity index (χ2n) is 7.36. The maximum absolute atomic E-state index is 13.1. The minimum Gasteiger partial charge on any atom is -0.588 e. The molecule has 0 fully saturated rings. The molecule has 0 radical (unpaired) electrons. The van der Waals surface area contributed by atoms with Gasteiger partial charge in [0.2, 0.25) is 0 Å². The first-order valence-electron chi connectivity index (χ1n) is 10.00. The van der Waals surface area contributed by atoms with E-state index in [9.17, 15) is 14.5 Å². The van der Waals surface area contributed by atoms with Crippen LogP contribution in [0.5, 0.6) is 0 Å². The number of fused-ring (bicyclic) bond motifs is 1. The average molecular weight is 421 g/mol. The number of hydrogen-bond acceptors (Lipinski definition) is 4. The fourth-order valence-corrected chi connectivity index (χ4v) is 4.88. The Kier molecular flexibility index (Phi) is 6.08.